The maximum absolute atomic E-state index is 14.5. The quantitative estimate of drug-likeness (QED) is 0.152. The van der Waals surface area contributed by atoms with E-state index in [1.165, 1.54) is 41.3 Å². The number of nitrogens with one attached hydrogen (secondary N) is 1. The van der Waals surface area contributed by atoms with Crippen LogP contribution in [0, 0.1) is 5.82 Å². The van der Waals surface area contributed by atoms with Crippen LogP contribution in [0.25, 0.3) is 0 Å². The normalized spacial score (nSPS) is 12.5. The number of amides is 2. The van der Waals surface area contributed by atoms with Crippen molar-refractivity contribution in [3.63, 3.8) is 0 Å². The van der Waals surface area contributed by atoms with Crippen LogP contribution in [0.15, 0.2) is 108 Å². The fourth-order valence-corrected chi connectivity index (χ4v) is 6.46. The predicted molar refractivity (Wildman–Crippen MR) is 182 cm³/mol. The molecule has 2 amide bonds. The van der Waals surface area contributed by atoms with Gasteiger partial charge in [-0.3, -0.25) is 13.9 Å². The zero-order chi connectivity index (χ0) is 34.0. The van der Waals surface area contributed by atoms with E-state index in [4.69, 9.17) is 16.3 Å². The van der Waals surface area contributed by atoms with E-state index in [0.29, 0.717) is 29.4 Å². The second kappa shape index (κ2) is 16.4. The molecule has 0 saturated carbocycles. The van der Waals surface area contributed by atoms with Gasteiger partial charge in [0.15, 0.2) is 0 Å². The Balaban J connectivity index is 1.79. The molecule has 47 heavy (non-hydrogen) atoms. The van der Waals surface area contributed by atoms with Crippen molar-refractivity contribution in [3.05, 3.63) is 125 Å². The summed E-state index contributed by atoms with van der Waals surface area (Å²) in [5.41, 5.74) is 1.60. The highest BCUT2D eigenvalue weighted by atomic mass is 35.5. The van der Waals surface area contributed by atoms with E-state index in [9.17, 15) is 22.4 Å². The van der Waals surface area contributed by atoms with Crippen molar-refractivity contribution in [2.45, 2.75) is 57.1 Å². The van der Waals surface area contributed by atoms with Gasteiger partial charge in [0, 0.05) is 24.0 Å². The number of carbonyl (C=O) groups is 2. The average molecular weight is 680 g/mol. The van der Waals surface area contributed by atoms with Crippen LogP contribution < -0.4 is 14.4 Å². The standard InChI is InChI=1S/C36H39ClFN3O5S/c1-4-26(3)39-36(43)34(23-27-9-7-6-8-10-27)40(24-28-11-13-29(37)14-12-28)35(42)25-41(31-17-15-30(38)16-18-31)47(44,45)33-21-19-32(20-22-33)46-5-2/h6-22,26,34H,4-5,23-25H2,1-3H3,(H,39,43)/t26-,34+/m0/s1. The Morgan fingerprint density at radius 3 is 2.11 bits per heavy atom. The summed E-state index contributed by atoms with van der Waals surface area (Å²) in [4.78, 5) is 29.7. The first-order chi connectivity index (χ1) is 22.5. The Morgan fingerprint density at radius 1 is 0.872 bits per heavy atom. The number of ether oxygens (including phenoxy) is 1. The number of hydrogen-bond donors (Lipinski definition) is 1. The third kappa shape index (κ3) is 9.56. The molecule has 0 aliphatic carbocycles. The summed E-state index contributed by atoms with van der Waals surface area (Å²) in [6.07, 6.45) is 0.859. The van der Waals surface area contributed by atoms with Gasteiger partial charge in [0.2, 0.25) is 11.8 Å². The van der Waals surface area contributed by atoms with E-state index in [-0.39, 0.29) is 35.5 Å². The van der Waals surface area contributed by atoms with Crippen LogP contribution in [0.2, 0.25) is 5.02 Å². The minimum absolute atomic E-state index is 0.00177. The summed E-state index contributed by atoms with van der Waals surface area (Å²) in [6.45, 7) is 5.39. The van der Waals surface area contributed by atoms with Gasteiger partial charge < -0.3 is 15.0 Å². The van der Waals surface area contributed by atoms with E-state index in [2.05, 4.69) is 5.32 Å². The van der Waals surface area contributed by atoms with Crippen molar-refractivity contribution in [2.24, 2.45) is 0 Å². The molecule has 248 valence electrons. The topological polar surface area (TPSA) is 96.0 Å². The molecule has 0 bridgehead atoms. The maximum atomic E-state index is 14.5. The lowest BCUT2D eigenvalue weighted by molar-refractivity contribution is -0.140. The molecular formula is C36H39ClFN3O5S. The van der Waals surface area contributed by atoms with E-state index in [1.54, 1.807) is 24.3 Å². The second-order valence-electron chi connectivity index (χ2n) is 11.1. The third-order valence-corrected chi connectivity index (χ3v) is 9.69. The molecule has 2 atom stereocenters. The SMILES string of the molecule is CCOc1ccc(S(=O)(=O)N(CC(=O)N(Cc2ccc(Cl)cc2)[C@H](Cc2ccccc2)C(=O)N[C@@H](C)CC)c2ccc(F)cc2)cc1. The van der Waals surface area contributed by atoms with Crippen LogP contribution in [-0.4, -0.2) is 50.4 Å². The molecule has 0 radical (unpaired) electrons. The molecule has 0 spiro atoms. The number of hydrogen-bond acceptors (Lipinski definition) is 5. The van der Waals surface area contributed by atoms with Gasteiger partial charge in [-0.15, -0.1) is 0 Å². The Hall–Kier alpha value is -4.41. The highest BCUT2D eigenvalue weighted by Crippen LogP contribution is 2.27. The summed E-state index contributed by atoms with van der Waals surface area (Å²) in [5, 5.41) is 3.51. The number of sulfonamides is 1. The van der Waals surface area contributed by atoms with Crippen molar-refractivity contribution in [2.75, 3.05) is 17.5 Å². The number of anilines is 1. The smallest absolute Gasteiger partial charge is 0.264 e. The van der Waals surface area contributed by atoms with Crippen LogP contribution in [0.4, 0.5) is 10.1 Å². The molecule has 0 fully saturated rings. The fraction of sp³-hybridized carbons (Fsp3) is 0.278. The predicted octanol–water partition coefficient (Wildman–Crippen LogP) is 6.63. The Morgan fingerprint density at radius 2 is 1.51 bits per heavy atom. The van der Waals surface area contributed by atoms with Crippen LogP contribution in [0.5, 0.6) is 5.75 Å². The molecule has 0 heterocycles. The van der Waals surface area contributed by atoms with Crippen molar-refractivity contribution < 1.29 is 27.1 Å². The minimum atomic E-state index is -4.34. The van der Waals surface area contributed by atoms with Crippen LogP contribution in [0.1, 0.15) is 38.3 Å². The summed E-state index contributed by atoms with van der Waals surface area (Å²) < 4.78 is 48.7. The van der Waals surface area contributed by atoms with Gasteiger partial charge in [-0.2, -0.15) is 0 Å². The number of carbonyl (C=O) groups excluding carboxylic acids is 2. The summed E-state index contributed by atoms with van der Waals surface area (Å²) >= 11 is 6.14. The number of benzene rings is 4. The van der Waals surface area contributed by atoms with E-state index >= 15 is 0 Å². The Bertz CT molecular complexity index is 1720. The molecule has 0 saturated heterocycles. The Labute approximate surface area is 281 Å². The first kappa shape index (κ1) is 35.4. The summed E-state index contributed by atoms with van der Waals surface area (Å²) in [7, 11) is -4.34. The molecule has 4 aromatic rings. The lowest BCUT2D eigenvalue weighted by atomic mass is 10.0. The highest BCUT2D eigenvalue weighted by Gasteiger charge is 2.35. The second-order valence-corrected chi connectivity index (χ2v) is 13.4. The largest absolute Gasteiger partial charge is 0.494 e. The fourth-order valence-electron chi connectivity index (χ4n) is 4.92. The monoisotopic (exact) mass is 679 g/mol. The first-order valence-electron chi connectivity index (χ1n) is 15.4. The van der Waals surface area contributed by atoms with Gasteiger partial charge in [0.25, 0.3) is 10.0 Å². The molecule has 1 N–H and O–H groups in total. The molecule has 0 aliphatic rings. The van der Waals surface area contributed by atoms with Crippen molar-refractivity contribution >= 4 is 39.1 Å². The van der Waals surface area contributed by atoms with Crippen LogP contribution in [-0.2, 0) is 32.6 Å². The molecule has 4 rings (SSSR count). The van der Waals surface area contributed by atoms with Gasteiger partial charge in [-0.25, -0.2) is 12.8 Å². The molecule has 4 aromatic carbocycles. The molecule has 0 aromatic heterocycles. The Kier molecular flexibility index (Phi) is 12.4. The van der Waals surface area contributed by atoms with E-state index in [1.807, 2.05) is 51.1 Å². The van der Waals surface area contributed by atoms with Gasteiger partial charge in [0.1, 0.15) is 24.2 Å². The van der Waals surface area contributed by atoms with Crippen molar-refractivity contribution in [1.82, 2.24) is 10.2 Å². The number of nitrogens with zero attached hydrogens (tertiary/aromatic N) is 2. The minimum Gasteiger partial charge on any atom is -0.494 e. The lowest BCUT2D eigenvalue weighted by Gasteiger charge is -2.34. The molecule has 0 aliphatic heterocycles. The van der Waals surface area contributed by atoms with Gasteiger partial charge in [0.05, 0.1) is 17.2 Å². The number of rotatable bonds is 15. The van der Waals surface area contributed by atoms with E-state index < -0.39 is 34.3 Å². The van der Waals surface area contributed by atoms with Gasteiger partial charge in [-0.1, -0.05) is 61.0 Å². The maximum Gasteiger partial charge on any atom is 0.264 e. The summed E-state index contributed by atoms with van der Waals surface area (Å²) in [6, 6.07) is 25.7. The van der Waals surface area contributed by atoms with E-state index in [0.717, 1.165) is 22.0 Å². The summed E-state index contributed by atoms with van der Waals surface area (Å²) in [5.74, 6) is -1.07. The number of halogens is 2. The zero-order valence-electron chi connectivity index (χ0n) is 26.6. The van der Waals surface area contributed by atoms with Crippen molar-refractivity contribution in [1.29, 1.82) is 0 Å². The molecular weight excluding hydrogens is 641 g/mol. The lowest BCUT2D eigenvalue weighted by Crippen LogP contribution is -2.54. The molecule has 8 nitrogen and oxygen atoms in total. The highest BCUT2D eigenvalue weighted by molar-refractivity contribution is 7.92. The average Bonchev–Trinajstić information content (AvgIpc) is 3.07. The van der Waals surface area contributed by atoms with Gasteiger partial charge in [-0.05, 0) is 92.1 Å². The zero-order valence-corrected chi connectivity index (χ0v) is 28.2. The molecule has 0 unspecified atom stereocenters. The van der Waals surface area contributed by atoms with Crippen molar-refractivity contribution in [3.8, 4) is 5.75 Å². The van der Waals surface area contributed by atoms with Crippen LogP contribution in [0.3, 0.4) is 0 Å². The first-order valence-corrected chi connectivity index (χ1v) is 17.2. The van der Waals surface area contributed by atoms with Gasteiger partial charge >= 0.3 is 0 Å². The third-order valence-electron chi connectivity index (χ3n) is 7.65. The van der Waals surface area contributed by atoms with Crippen LogP contribution >= 0.6 is 11.6 Å². The molecule has 11 heteroatoms.